The summed E-state index contributed by atoms with van der Waals surface area (Å²) in [6, 6.07) is 14.4. The van der Waals surface area contributed by atoms with Crippen molar-refractivity contribution in [3.63, 3.8) is 0 Å². The third-order valence-electron chi connectivity index (χ3n) is 3.19. The van der Waals surface area contributed by atoms with Crippen molar-refractivity contribution < 1.29 is 0 Å². The van der Waals surface area contributed by atoms with Gasteiger partial charge >= 0.3 is 0 Å². The molecule has 0 atom stereocenters. The molecule has 1 saturated carbocycles. The van der Waals surface area contributed by atoms with Crippen LogP contribution in [0.1, 0.15) is 29.9 Å². The molecule has 1 fully saturated rings. The second-order valence-electron chi connectivity index (χ2n) is 4.72. The molecule has 1 aromatic carbocycles. The second kappa shape index (κ2) is 4.99. The summed E-state index contributed by atoms with van der Waals surface area (Å²) in [6.07, 6.45) is 2.68. The molecule has 1 N–H and O–H groups in total. The zero-order valence-electron chi connectivity index (χ0n) is 10.1. The predicted molar refractivity (Wildman–Crippen MR) is 75.0 cm³/mol. The highest BCUT2D eigenvalue weighted by Crippen LogP contribution is 2.40. The monoisotopic (exact) mass is 258 g/mol. The normalized spacial score (nSPS) is 14.5. The Labute approximate surface area is 112 Å². The topological polar surface area (TPSA) is 24.9 Å². The molecule has 0 aliphatic heterocycles. The first-order valence-corrected chi connectivity index (χ1v) is 6.64. The van der Waals surface area contributed by atoms with Crippen molar-refractivity contribution in [3.05, 3.63) is 58.7 Å². The molecule has 3 rings (SSSR count). The summed E-state index contributed by atoms with van der Waals surface area (Å²) in [5, 5.41) is 3.81. The van der Waals surface area contributed by atoms with Gasteiger partial charge < -0.3 is 5.32 Å². The van der Waals surface area contributed by atoms with E-state index in [2.05, 4.69) is 34.6 Å². The smallest absolute Gasteiger partial charge is 0.131 e. The fourth-order valence-corrected chi connectivity index (χ4v) is 2.24. The molecule has 18 heavy (non-hydrogen) atoms. The molecular formula is C15H15ClN2. The lowest BCUT2D eigenvalue weighted by Crippen LogP contribution is -2.01. The first-order chi connectivity index (χ1) is 8.81. The van der Waals surface area contributed by atoms with Crippen LogP contribution >= 0.6 is 11.6 Å². The summed E-state index contributed by atoms with van der Waals surface area (Å²) in [4.78, 5) is 4.21. The van der Waals surface area contributed by atoms with E-state index >= 15 is 0 Å². The summed E-state index contributed by atoms with van der Waals surface area (Å²) in [5.41, 5.74) is 2.76. The Morgan fingerprint density at radius 1 is 1.17 bits per heavy atom. The van der Waals surface area contributed by atoms with Gasteiger partial charge in [0.15, 0.2) is 0 Å². The minimum atomic E-state index is 0.520. The molecule has 1 heterocycles. The number of benzene rings is 1. The van der Waals surface area contributed by atoms with Crippen LogP contribution in [0.15, 0.2) is 42.5 Å². The summed E-state index contributed by atoms with van der Waals surface area (Å²) in [5.74, 6) is 1.62. The first kappa shape index (κ1) is 11.5. The number of rotatable bonds is 4. The highest BCUT2D eigenvalue weighted by molar-refractivity contribution is 6.29. The summed E-state index contributed by atoms with van der Waals surface area (Å²) < 4.78 is 0. The Kier molecular flexibility index (Phi) is 3.20. The van der Waals surface area contributed by atoms with E-state index in [0.29, 0.717) is 5.15 Å². The summed E-state index contributed by atoms with van der Waals surface area (Å²) >= 11 is 5.85. The maximum atomic E-state index is 5.85. The fraction of sp³-hybridized carbons (Fsp3) is 0.267. The van der Waals surface area contributed by atoms with Gasteiger partial charge in [-0.25, -0.2) is 4.98 Å². The molecule has 0 radical (unpaired) electrons. The van der Waals surface area contributed by atoms with E-state index in [1.807, 2.05) is 12.1 Å². The van der Waals surface area contributed by atoms with Gasteiger partial charge in [0, 0.05) is 6.54 Å². The van der Waals surface area contributed by atoms with Crippen molar-refractivity contribution in [3.8, 4) is 0 Å². The standard InChI is InChI=1S/C15H15ClN2/c16-14-5-2-6-15(18-14)17-10-11-3-1-4-13(9-11)12-7-8-12/h1-6,9,12H,7-8,10H2,(H,17,18). The number of hydrogen-bond donors (Lipinski definition) is 1. The average Bonchev–Trinajstić information content (AvgIpc) is 3.21. The lowest BCUT2D eigenvalue weighted by molar-refractivity contribution is 1.07. The lowest BCUT2D eigenvalue weighted by atomic mass is 10.1. The summed E-state index contributed by atoms with van der Waals surface area (Å²) in [7, 11) is 0. The number of pyridine rings is 1. The maximum Gasteiger partial charge on any atom is 0.131 e. The van der Waals surface area contributed by atoms with E-state index in [-0.39, 0.29) is 0 Å². The van der Waals surface area contributed by atoms with Crippen molar-refractivity contribution in [1.29, 1.82) is 0 Å². The van der Waals surface area contributed by atoms with Gasteiger partial charge in [0.2, 0.25) is 0 Å². The molecule has 0 unspecified atom stereocenters. The third kappa shape index (κ3) is 2.82. The van der Waals surface area contributed by atoms with E-state index in [1.54, 1.807) is 6.07 Å². The fourth-order valence-electron chi connectivity index (χ4n) is 2.07. The Morgan fingerprint density at radius 2 is 2.00 bits per heavy atom. The number of aromatic nitrogens is 1. The van der Waals surface area contributed by atoms with Crippen LogP contribution in [0.25, 0.3) is 0 Å². The van der Waals surface area contributed by atoms with Gasteiger partial charge in [-0.05, 0) is 42.0 Å². The quantitative estimate of drug-likeness (QED) is 0.831. The van der Waals surface area contributed by atoms with Crippen LogP contribution in [0.5, 0.6) is 0 Å². The van der Waals surface area contributed by atoms with E-state index in [0.717, 1.165) is 18.3 Å². The molecule has 1 aliphatic carbocycles. The van der Waals surface area contributed by atoms with Gasteiger partial charge in [-0.3, -0.25) is 0 Å². The number of nitrogens with zero attached hydrogens (tertiary/aromatic N) is 1. The second-order valence-corrected chi connectivity index (χ2v) is 5.11. The third-order valence-corrected chi connectivity index (χ3v) is 3.40. The van der Waals surface area contributed by atoms with Gasteiger partial charge in [0.1, 0.15) is 11.0 Å². The van der Waals surface area contributed by atoms with Crippen LogP contribution < -0.4 is 5.32 Å². The minimum Gasteiger partial charge on any atom is -0.366 e. The Morgan fingerprint density at radius 3 is 2.78 bits per heavy atom. The molecule has 1 aliphatic rings. The number of halogens is 1. The molecular weight excluding hydrogens is 244 g/mol. The van der Waals surface area contributed by atoms with E-state index in [4.69, 9.17) is 11.6 Å². The molecule has 0 saturated heterocycles. The molecule has 0 bridgehead atoms. The van der Waals surface area contributed by atoms with Crippen molar-refractivity contribution in [1.82, 2.24) is 4.98 Å². The maximum absolute atomic E-state index is 5.85. The first-order valence-electron chi connectivity index (χ1n) is 6.26. The van der Waals surface area contributed by atoms with Crippen molar-refractivity contribution in [2.75, 3.05) is 5.32 Å². The van der Waals surface area contributed by atoms with Gasteiger partial charge in [-0.2, -0.15) is 0 Å². The Balaban J connectivity index is 1.67. The molecule has 92 valence electrons. The van der Waals surface area contributed by atoms with E-state index in [1.165, 1.54) is 24.0 Å². The Hall–Kier alpha value is -1.54. The van der Waals surface area contributed by atoms with Crippen molar-refractivity contribution >= 4 is 17.4 Å². The van der Waals surface area contributed by atoms with Crippen LogP contribution in [0, 0.1) is 0 Å². The SMILES string of the molecule is Clc1cccc(NCc2cccc(C3CC3)c2)n1. The zero-order chi connectivity index (χ0) is 12.4. The largest absolute Gasteiger partial charge is 0.366 e. The van der Waals surface area contributed by atoms with Crippen LogP contribution in [-0.4, -0.2) is 4.98 Å². The van der Waals surface area contributed by atoms with Crippen LogP contribution in [-0.2, 0) is 6.54 Å². The Bertz CT molecular complexity index is 550. The predicted octanol–water partition coefficient (Wildman–Crippen LogP) is 4.22. The van der Waals surface area contributed by atoms with Crippen LogP contribution in [0.4, 0.5) is 5.82 Å². The zero-order valence-corrected chi connectivity index (χ0v) is 10.8. The van der Waals surface area contributed by atoms with Gasteiger partial charge in [-0.1, -0.05) is 41.9 Å². The van der Waals surface area contributed by atoms with E-state index in [9.17, 15) is 0 Å². The van der Waals surface area contributed by atoms with E-state index < -0.39 is 0 Å². The van der Waals surface area contributed by atoms with Gasteiger partial charge in [0.05, 0.1) is 0 Å². The lowest BCUT2D eigenvalue weighted by Gasteiger charge is -2.07. The molecule has 1 aromatic heterocycles. The summed E-state index contributed by atoms with van der Waals surface area (Å²) in [6.45, 7) is 0.786. The molecule has 2 nitrogen and oxygen atoms in total. The minimum absolute atomic E-state index is 0.520. The van der Waals surface area contributed by atoms with Gasteiger partial charge in [-0.15, -0.1) is 0 Å². The average molecular weight is 259 g/mol. The van der Waals surface area contributed by atoms with Crippen molar-refractivity contribution in [2.24, 2.45) is 0 Å². The highest BCUT2D eigenvalue weighted by atomic mass is 35.5. The molecule has 0 spiro atoms. The van der Waals surface area contributed by atoms with Crippen LogP contribution in [0.3, 0.4) is 0 Å². The number of nitrogens with one attached hydrogen (secondary N) is 1. The highest BCUT2D eigenvalue weighted by Gasteiger charge is 2.23. The molecule has 2 aromatic rings. The van der Waals surface area contributed by atoms with Crippen molar-refractivity contribution in [2.45, 2.75) is 25.3 Å². The molecule has 3 heteroatoms. The molecule has 0 amide bonds. The number of anilines is 1. The van der Waals surface area contributed by atoms with Crippen LogP contribution in [0.2, 0.25) is 5.15 Å². The number of hydrogen-bond acceptors (Lipinski definition) is 2. The van der Waals surface area contributed by atoms with Gasteiger partial charge in [0.25, 0.3) is 0 Å².